The Bertz CT molecular complexity index is 454. The first-order valence-electron chi connectivity index (χ1n) is 11.3. The molecule has 1 aromatic carbocycles. The van der Waals surface area contributed by atoms with E-state index in [4.69, 9.17) is 0 Å². The first kappa shape index (κ1) is 23.0. The lowest BCUT2D eigenvalue weighted by atomic mass is 10.1. The summed E-state index contributed by atoms with van der Waals surface area (Å²) in [5.41, 5.74) is 2.71. The lowest BCUT2D eigenvalue weighted by Crippen LogP contribution is -2.49. The first-order valence-corrected chi connectivity index (χ1v) is 11.3. The molecule has 1 aromatic rings. The van der Waals surface area contributed by atoms with Gasteiger partial charge in [0, 0.05) is 5.56 Å². The zero-order chi connectivity index (χ0) is 19.1. The Hall–Kier alpha value is -1.08. The van der Waals surface area contributed by atoms with Gasteiger partial charge in [-0.05, 0) is 31.2 Å². The molecule has 0 atom stereocenters. The number of rotatable bonds is 16. The summed E-state index contributed by atoms with van der Waals surface area (Å²) in [6.07, 6.45) is 15.8. The van der Waals surface area contributed by atoms with Gasteiger partial charge in [-0.15, -0.1) is 0 Å². The summed E-state index contributed by atoms with van der Waals surface area (Å²) in [5.74, 6) is 0. The molecular weight excluding hydrogens is 314 g/mol. The van der Waals surface area contributed by atoms with Crippen molar-refractivity contribution in [3.63, 3.8) is 0 Å². The van der Waals surface area contributed by atoms with Crippen molar-refractivity contribution < 1.29 is 4.48 Å². The van der Waals surface area contributed by atoms with Crippen LogP contribution in [0.1, 0.15) is 96.1 Å². The van der Waals surface area contributed by atoms with Crippen LogP contribution in [0.2, 0.25) is 0 Å². The van der Waals surface area contributed by atoms with Crippen LogP contribution in [-0.2, 0) is 6.54 Å². The van der Waals surface area contributed by atoms with Crippen LogP contribution >= 0.6 is 0 Å². The molecule has 0 heterocycles. The van der Waals surface area contributed by atoms with Crippen LogP contribution in [0.4, 0.5) is 0 Å². The molecule has 0 unspecified atom stereocenters. The van der Waals surface area contributed by atoms with Gasteiger partial charge in [0.2, 0.25) is 0 Å². The quantitative estimate of drug-likeness (QED) is 0.211. The smallest absolute Gasteiger partial charge is 0.104 e. The third-order valence-corrected chi connectivity index (χ3v) is 5.62. The summed E-state index contributed by atoms with van der Waals surface area (Å²) in [7, 11) is 0. The van der Waals surface area contributed by atoms with Gasteiger partial charge >= 0.3 is 0 Å². The van der Waals surface area contributed by atoms with Crippen molar-refractivity contribution >= 4 is 6.08 Å². The molecule has 0 aliphatic heterocycles. The van der Waals surface area contributed by atoms with Crippen molar-refractivity contribution in [1.29, 1.82) is 0 Å². The normalized spacial score (nSPS) is 11.7. The molecule has 1 rings (SSSR count). The molecule has 0 aliphatic rings. The van der Waals surface area contributed by atoms with Gasteiger partial charge < -0.3 is 4.48 Å². The van der Waals surface area contributed by atoms with E-state index in [1.807, 2.05) is 6.08 Å². The molecule has 0 radical (unpaired) electrons. The second kappa shape index (κ2) is 14.0. The van der Waals surface area contributed by atoms with Gasteiger partial charge in [0.1, 0.15) is 6.54 Å². The number of benzene rings is 1. The molecular formula is C25H44N+. The fraction of sp³-hybridized carbons (Fsp3) is 0.680. The van der Waals surface area contributed by atoms with Crippen LogP contribution in [0, 0.1) is 0 Å². The van der Waals surface area contributed by atoms with Crippen molar-refractivity contribution in [2.24, 2.45) is 0 Å². The molecule has 26 heavy (non-hydrogen) atoms. The van der Waals surface area contributed by atoms with Crippen LogP contribution in [0.3, 0.4) is 0 Å². The number of quaternary nitrogens is 1. The number of hydrogen-bond acceptors (Lipinski definition) is 0. The van der Waals surface area contributed by atoms with Gasteiger partial charge in [-0.2, -0.15) is 0 Å². The van der Waals surface area contributed by atoms with Gasteiger partial charge in [-0.3, -0.25) is 0 Å². The maximum absolute atomic E-state index is 3.87. The molecule has 0 amide bonds. The zero-order valence-electron chi connectivity index (χ0n) is 17.9. The van der Waals surface area contributed by atoms with Gasteiger partial charge in [0.15, 0.2) is 0 Å². The van der Waals surface area contributed by atoms with Gasteiger partial charge in [-0.25, -0.2) is 0 Å². The average molecular weight is 359 g/mol. The van der Waals surface area contributed by atoms with Crippen molar-refractivity contribution in [1.82, 2.24) is 0 Å². The Labute approximate surface area is 164 Å². The van der Waals surface area contributed by atoms with E-state index >= 15 is 0 Å². The van der Waals surface area contributed by atoms with Crippen molar-refractivity contribution in [3.8, 4) is 0 Å². The fourth-order valence-corrected chi connectivity index (χ4v) is 4.25. The lowest BCUT2D eigenvalue weighted by Gasteiger charge is -2.39. The predicted molar refractivity (Wildman–Crippen MR) is 118 cm³/mol. The lowest BCUT2D eigenvalue weighted by molar-refractivity contribution is -0.941. The largest absolute Gasteiger partial charge is 0.320 e. The Morgan fingerprint density at radius 3 is 1.73 bits per heavy atom. The van der Waals surface area contributed by atoms with Crippen LogP contribution < -0.4 is 0 Å². The Balaban J connectivity index is 2.54. The van der Waals surface area contributed by atoms with E-state index in [1.54, 1.807) is 0 Å². The predicted octanol–water partition coefficient (Wildman–Crippen LogP) is 7.61. The summed E-state index contributed by atoms with van der Waals surface area (Å²) in [5, 5.41) is 0. The highest BCUT2D eigenvalue weighted by Crippen LogP contribution is 2.20. The Morgan fingerprint density at radius 1 is 0.692 bits per heavy atom. The maximum Gasteiger partial charge on any atom is 0.104 e. The first-order chi connectivity index (χ1) is 12.7. The number of unbranched alkanes of at least 4 members (excludes halogenated alkanes) is 7. The molecule has 0 N–H and O–H groups in total. The zero-order valence-corrected chi connectivity index (χ0v) is 17.9. The van der Waals surface area contributed by atoms with E-state index in [0.29, 0.717) is 0 Å². The van der Waals surface area contributed by atoms with E-state index < -0.39 is 0 Å². The van der Waals surface area contributed by atoms with E-state index in [9.17, 15) is 0 Å². The van der Waals surface area contributed by atoms with E-state index in [0.717, 1.165) is 0 Å². The van der Waals surface area contributed by atoms with E-state index in [2.05, 4.69) is 51.6 Å². The minimum absolute atomic E-state index is 1.19. The second-order valence-corrected chi connectivity index (χ2v) is 8.09. The Kier molecular flexibility index (Phi) is 12.4. The number of hydrogen-bond donors (Lipinski definition) is 0. The van der Waals surface area contributed by atoms with Gasteiger partial charge in [0.25, 0.3) is 0 Å². The summed E-state index contributed by atoms with van der Waals surface area (Å²) >= 11 is 0. The van der Waals surface area contributed by atoms with Gasteiger partial charge in [-0.1, -0.05) is 96.2 Å². The molecule has 1 heteroatoms. The van der Waals surface area contributed by atoms with Crippen LogP contribution in [0.5, 0.6) is 0 Å². The minimum Gasteiger partial charge on any atom is -0.320 e. The van der Waals surface area contributed by atoms with E-state index in [-0.39, 0.29) is 0 Å². The average Bonchev–Trinajstić information content (AvgIpc) is 2.65. The summed E-state index contributed by atoms with van der Waals surface area (Å²) < 4.78 is 1.27. The third kappa shape index (κ3) is 9.03. The Morgan fingerprint density at radius 2 is 1.23 bits per heavy atom. The molecule has 0 aromatic heterocycles. The SMILES string of the molecule is C=Cc1ccc(C[N+](CCC)(CCC)CCCCCCCCCC)cc1. The molecule has 0 saturated carbocycles. The van der Waals surface area contributed by atoms with Crippen molar-refractivity contribution in [3.05, 3.63) is 42.0 Å². The van der Waals surface area contributed by atoms with Crippen LogP contribution in [-0.4, -0.2) is 24.1 Å². The fourth-order valence-electron chi connectivity index (χ4n) is 4.25. The number of nitrogens with zero attached hydrogens (tertiary/aromatic N) is 1. The summed E-state index contributed by atoms with van der Waals surface area (Å²) in [6.45, 7) is 16.0. The molecule has 0 aliphatic carbocycles. The third-order valence-electron chi connectivity index (χ3n) is 5.62. The summed E-state index contributed by atoms with van der Waals surface area (Å²) in [4.78, 5) is 0. The van der Waals surface area contributed by atoms with Crippen molar-refractivity contribution in [2.45, 2.75) is 91.5 Å². The monoisotopic (exact) mass is 358 g/mol. The van der Waals surface area contributed by atoms with Gasteiger partial charge in [0.05, 0.1) is 19.6 Å². The highest BCUT2D eigenvalue weighted by Gasteiger charge is 2.25. The molecule has 0 spiro atoms. The molecule has 0 fully saturated rings. The molecule has 0 bridgehead atoms. The molecule has 1 nitrogen and oxygen atoms in total. The molecule has 0 saturated heterocycles. The topological polar surface area (TPSA) is 0 Å². The highest BCUT2D eigenvalue weighted by molar-refractivity contribution is 5.47. The van der Waals surface area contributed by atoms with Crippen LogP contribution in [0.25, 0.3) is 6.08 Å². The van der Waals surface area contributed by atoms with Crippen LogP contribution in [0.15, 0.2) is 30.8 Å². The standard InChI is InChI=1S/C25H44N/c1-5-9-10-11-12-13-14-15-22-26(20-6-2,21-7-3)23-25-18-16-24(8-4)17-19-25/h8,16-19H,4-7,9-15,20-23H2,1-3H3/q+1. The maximum atomic E-state index is 3.87. The van der Waals surface area contributed by atoms with E-state index in [1.165, 1.54) is 106 Å². The summed E-state index contributed by atoms with van der Waals surface area (Å²) in [6, 6.07) is 9.04. The minimum atomic E-state index is 1.19. The second-order valence-electron chi connectivity index (χ2n) is 8.09. The highest BCUT2D eigenvalue weighted by atomic mass is 15.3. The van der Waals surface area contributed by atoms with Crippen molar-refractivity contribution in [2.75, 3.05) is 19.6 Å². The molecule has 148 valence electrons.